The summed E-state index contributed by atoms with van der Waals surface area (Å²) in [6, 6.07) is 3.08. The van der Waals surface area contributed by atoms with Gasteiger partial charge in [0.15, 0.2) is 5.78 Å². The molecule has 0 radical (unpaired) electrons. The molecule has 0 spiro atoms. The number of halogens is 2. The van der Waals surface area contributed by atoms with Crippen molar-refractivity contribution in [2.45, 2.75) is 32.1 Å². The fraction of sp³-hybridized carbons (Fsp3) is 0.467. The second-order valence-electron chi connectivity index (χ2n) is 5.47. The minimum Gasteiger partial charge on any atom is -0.305 e. The van der Waals surface area contributed by atoms with Crippen LogP contribution < -0.4 is 4.90 Å². The van der Waals surface area contributed by atoms with Gasteiger partial charge in [-0.05, 0) is 59.3 Å². The number of hydrogen-bond acceptors (Lipinski definition) is 2. The van der Waals surface area contributed by atoms with E-state index in [9.17, 15) is 14.0 Å². The van der Waals surface area contributed by atoms with Crippen molar-refractivity contribution in [3.8, 4) is 0 Å². The molecule has 0 aromatic heterocycles. The molecule has 2 aliphatic rings. The number of benzene rings is 1. The number of anilines is 1. The molecular weight excluding hydrogens is 325 g/mol. The van der Waals surface area contributed by atoms with Gasteiger partial charge in [0.05, 0.1) is 11.0 Å². The minimum absolute atomic E-state index is 0.0451. The number of hydrogen-bond donors (Lipinski definition) is 0. The van der Waals surface area contributed by atoms with Crippen LogP contribution in [0, 0.1) is 11.7 Å². The van der Waals surface area contributed by atoms with Crippen LogP contribution in [0.2, 0.25) is 0 Å². The van der Waals surface area contributed by atoms with Crippen molar-refractivity contribution < 1.29 is 14.0 Å². The Morgan fingerprint density at radius 1 is 1.35 bits per heavy atom. The van der Waals surface area contributed by atoms with Crippen LogP contribution in [-0.2, 0) is 16.0 Å². The molecule has 0 atom stereocenters. The van der Waals surface area contributed by atoms with E-state index in [-0.39, 0.29) is 30.0 Å². The molecule has 1 aromatic carbocycles. The summed E-state index contributed by atoms with van der Waals surface area (Å²) < 4.78 is 14.0. The summed E-state index contributed by atoms with van der Waals surface area (Å²) in [5.41, 5.74) is 1.48. The smallest absolute Gasteiger partial charge is 0.227 e. The summed E-state index contributed by atoms with van der Waals surface area (Å²) in [5, 5.41) is 0. The number of amides is 1. The molecule has 5 heteroatoms. The average Bonchev–Trinajstić information content (AvgIpc) is 3.23. The Kier molecular flexibility index (Phi) is 3.63. The van der Waals surface area contributed by atoms with Crippen LogP contribution in [0.4, 0.5) is 10.1 Å². The molecular formula is C15H15BrFNO2. The van der Waals surface area contributed by atoms with Crippen LogP contribution >= 0.6 is 15.9 Å². The van der Waals surface area contributed by atoms with E-state index in [1.807, 2.05) is 0 Å². The predicted molar refractivity (Wildman–Crippen MR) is 77.1 cm³/mol. The van der Waals surface area contributed by atoms with E-state index in [1.165, 1.54) is 11.0 Å². The Morgan fingerprint density at radius 3 is 2.80 bits per heavy atom. The highest BCUT2D eigenvalue weighted by atomic mass is 79.9. The van der Waals surface area contributed by atoms with Gasteiger partial charge in [-0.15, -0.1) is 0 Å². The number of fused-ring (bicyclic) bond motifs is 1. The lowest BCUT2D eigenvalue weighted by Gasteiger charge is -2.22. The zero-order valence-electron chi connectivity index (χ0n) is 11.0. The van der Waals surface area contributed by atoms with Crippen molar-refractivity contribution in [2.24, 2.45) is 5.92 Å². The first-order chi connectivity index (χ1) is 9.56. The Labute approximate surface area is 125 Å². The molecule has 1 aliphatic carbocycles. The van der Waals surface area contributed by atoms with E-state index >= 15 is 0 Å². The molecule has 1 heterocycles. The monoisotopic (exact) mass is 339 g/mol. The molecule has 0 saturated heterocycles. The van der Waals surface area contributed by atoms with Crippen LogP contribution in [-0.4, -0.2) is 18.2 Å². The molecule has 1 saturated carbocycles. The van der Waals surface area contributed by atoms with Crippen molar-refractivity contribution in [1.82, 2.24) is 0 Å². The first-order valence-electron chi connectivity index (χ1n) is 6.87. The van der Waals surface area contributed by atoms with Gasteiger partial charge < -0.3 is 4.90 Å². The van der Waals surface area contributed by atoms with E-state index in [4.69, 9.17) is 0 Å². The van der Waals surface area contributed by atoms with Gasteiger partial charge in [0, 0.05) is 18.0 Å². The lowest BCUT2D eigenvalue weighted by molar-refractivity contribution is -0.123. The number of carbonyl (C=O) groups is 2. The molecule has 0 unspecified atom stereocenters. The van der Waals surface area contributed by atoms with E-state index in [1.54, 1.807) is 6.07 Å². The van der Waals surface area contributed by atoms with Gasteiger partial charge in [0.1, 0.15) is 5.82 Å². The van der Waals surface area contributed by atoms with Gasteiger partial charge in [0.2, 0.25) is 5.91 Å². The molecule has 3 nitrogen and oxygen atoms in total. The maximum atomic E-state index is 13.6. The fourth-order valence-electron chi connectivity index (χ4n) is 2.59. The van der Waals surface area contributed by atoms with Crippen LogP contribution in [0.25, 0.3) is 0 Å². The standard InChI is InChI=1S/C15H15BrFNO2/c16-11-7-13-10(6-12(11)17)2-1-3-15(20)18(13)8-14(19)9-4-5-9/h6-7,9H,1-5,8H2. The Bertz CT molecular complexity index is 583. The van der Waals surface area contributed by atoms with E-state index in [2.05, 4.69) is 15.9 Å². The Morgan fingerprint density at radius 2 is 2.10 bits per heavy atom. The highest BCUT2D eigenvalue weighted by Crippen LogP contribution is 2.34. The van der Waals surface area contributed by atoms with Crippen molar-refractivity contribution in [3.05, 3.63) is 28.0 Å². The van der Waals surface area contributed by atoms with E-state index in [0.29, 0.717) is 29.4 Å². The SMILES string of the molecule is O=C(CN1C(=O)CCCc2cc(F)c(Br)cc21)C1CC1. The third kappa shape index (κ3) is 2.64. The summed E-state index contributed by atoms with van der Waals surface area (Å²) in [6.45, 7) is 0.120. The third-order valence-electron chi connectivity index (χ3n) is 3.90. The molecule has 3 rings (SSSR count). The molecule has 1 aromatic rings. The average molecular weight is 340 g/mol. The molecule has 20 heavy (non-hydrogen) atoms. The van der Waals surface area contributed by atoms with Crippen molar-refractivity contribution in [1.29, 1.82) is 0 Å². The van der Waals surface area contributed by atoms with Crippen LogP contribution in [0.15, 0.2) is 16.6 Å². The number of Topliss-reactive ketones (excluding diaryl/α,β-unsaturated/α-hetero) is 1. The lowest BCUT2D eigenvalue weighted by Crippen LogP contribution is -2.36. The maximum absolute atomic E-state index is 13.6. The summed E-state index contributed by atoms with van der Waals surface area (Å²) >= 11 is 3.16. The Balaban J connectivity index is 1.96. The predicted octanol–water partition coefficient (Wildman–Crippen LogP) is 3.24. The van der Waals surface area contributed by atoms with Crippen molar-refractivity contribution in [3.63, 3.8) is 0 Å². The number of ketones is 1. The molecule has 0 bridgehead atoms. The Hall–Kier alpha value is -1.23. The summed E-state index contributed by atoms with van der Waals surface area (Å²) in [4.78, 5) is 25.8. The molecule has 1 fully saturated rings. The van der Waals surface area contributed by atoms with Crippen LogP contribution in [0.1, 0.15) is 31.2 Å². The number of nitrogens with zero attached hydrogens (tertiary/aromatic N) is 1. The number of aryl methyl sites for hydroxylation is 1. The van der Waals surface area contributed by atoms with Gasteiger partial charge >= 0.3 is 0 Å². The summed E-state index contributed by atoms with van der Waals surface area (Å²) in [5.74, 6) is -0.132. The highest BCUT2D eigenvalue weighted by molar-refractivity contribution is 9.10. The molecule has 1 amide bonds. The van der Waals surface area contributed by atoms with Gasteiger partial charge in [0.25, 0.3) is 0 Å². The minimum atomic E-state index is -0.327. The first-order valence-corrected chi connectivity index (χ1v) is 7.66. The van der Waals surface area contributed by atoms with Crippen molar-refractivity contribution in [2.75, 3.05) is 11.4 Å². The normalized spacial score (nSPS) is 18.7. The van der Waals surface area contributed by atoms with Gasteiger partial charge in [-0.2, -0.15) is 0 Å². The highest BCUT2D eigenvalue weighted by Gasteiger charge is 2.33. The fourth-order valence-corrected chi connectivity index (χ4v) is 2.92. The first kappa shape index (κ1) is 13.7. The third-order valence-corrected chi connectivity index (χ3v) is 4.50. The zero-order chi connectivity index (χ0) is 14.3. The molecule has 106 valence electrons. The van der Waals surface area contributed by atoms with Crippen LogP contribution in [0.3, 0.4) is 0 Å². The van der Waals surface area contributed by atoms with Gasteiger partial charge in [-0.3, -0.25) is 9.59 Å². The topological polar surface area (TPSA) is 37.4 Å². The quantitative estimate of drug-likeness (QED) is 0.847. The second kappa shape index (κ2) is 5.28. The van der Waals surface area contributed by atoms with Crippen LogP contribution in [0.5, 0.6) is 0 Å². The maximum Gasteiger partial charge on any atom is 0.227 e. The van der Waals surface area contributed by atoms with Crippen molar-refractivity contribution >= 4 is 33.3 Å². The van der Waals surface area contributed by atoms with Gasteiger partial charge in [-0.1, -0.05) is 0 Å². The lowest BCUT2D eigenvalue weighted by atomic mass is 10.1. The number of carbonyl (C=O) groups excluding carboxylic acids is 2. The summed E-state index contributed by atoms with van der Waals surface area (Å²) in [6.07, 6.45) is 3.63. The van der Waals surface area contributed by atoms with Gasteiger partial charge in [-0.25, -0.2) is 4.39 Å². The molecule has 0 N–H and O–H groups in total. The van der Waals surface area contributed by atoms with E-state index < -0.39 is 0 Å². The zero-order valence-corrected chi connectivity index (χ0v) is 12.6. The summed E-state index contributed by atoms with van der Waals surface area (Å²) in [7, 11) is 0. The largest absolute Gasteiger partial charge is 0.305 e. The number of rotatable bonds is 3. The van der Waals surface area contributed by atoms with E-state index in [0.717, 1.165) is 18.4 Å². The molecule has 1 aliphatic heterocycles. The second-order valence-corrected chi connectivity index (χ2v) is 6.32.